The van der Waals surface area contributed by atoms with Crippen molar-refractivity contribution < 1.29 is 0 Å². The van der Waals surface area contributed by atoms with Gasteiger partial charge >= 0.3 is 0 Å². The number of hydrogen-bond acceptors (Lipinski definition) is 0. The summed E-state index contributed by atoms with van der Waals surface area (Å²) in [6.07, 6.45) is 7.34. The fourth-order valence-corrected chi connectivity index (χ4v) is 1.46. The summed E-state index contributed by atoms with van der Waals surface area (Å²) in [5.74, 6) is 0.596. The summed E-state index contributed by atoms with van der Waals surface area (Å²) in [6, 6.07) is 0. The molecule has 1 unspecified atom stereocenters. The van der Waals surface area contributed by atoms with Gasteiger partial charge in [-0.2, -0.15) is 0 Å². The maximum absolute atomic E-state index is 3.94. The number of hydrogen-bond donors (Lipinski definition) is 0. The van der Waals surface area contributed by atoms with E-state index in [2.05, 4.69) is 39.2 Å². The minimum Gasteiger partial charge on any atom is -0.0988 e. The Morgan fingerprint density at radius 3 is 2.67 bits per heavy atom. The normalized spacial score (nSPS) is 22.7. The van der Waals surface area contributed by atoms with Crippen LogP contribution in [0, 0.1) is 5.92 Å². The fraction of sp³-hybridized carbons (Fsp3) is 0.333. The molecule has 0 nitrogen and oxygen atoms in total. The van der Waals surface area contributed by atoms with Crippen molar-refractivity contribution in [2.24, 2.45) is 5.92 Å². The van der Waals surface area contributed by atoms with Crippen LogP contribution in [0.25, 0.3) is 0 Å². The first-order valence-electron chi connectivity index (χ1n) is 4.34. The summed E-state index contributed by atoms with van der Waals surface area (Å²) < 4.78 is 0. The van der Waals surface area contributed by atoms with Gasteiger partial charge in [0.2, 0.25) is 0 Å². The second-order valence-electron chi connectivity index (χ2n) is 3.45. The van der Waals surface area contributed by atoms with E-state index in [1.54, 1.807) is 0 Å². The molecule has 12 heavy (non-hydrogen) atoms. The first kappa shape index (κ1) is 9.05. The summed E-state index contributed by atoms with van der Waals surface area (Å²) in [6.45, 7) is 12.0. The third-order valence-electron chi connectivity index (χ3n) is 2.36. The Morgan fingerprint density at radius 2 is 2.25 bits per heavy atom. The number of rotatable bonds is 2. The highest BCUT2D eigenvalue weighted by Crippen LogP contribution is 2.28. The average Bonchev–Trinajstić information content (AvgIpc) is 2.04. The molecule has 0 N–H and O–H groups in total. The quantitative estimate of drug-likeness (QED) is 0.578. The zero-order chi connectivity index (χ0) is 9.14. The third kappa shape index (κ3) is 1.76. The van der Waals surface area contributed by atoms with Crippen molar-refractivity contribution in [3.05, 3.63) is 48.1 Å². The third-order valence-corrected chi connectivity index (χ3v) is 2.36. The van der Waals surface area contributed by atoms with E-state index >= 15 is 0 Å². The molecule has 1 atom stereocenters. The molecule has 0 aromatic rings. The Kier molecular flexibility index (Phi) is 2.69. The van der Waals surface area contributed by atoms with E-state index in [1.807, 2.05) is 6.08 Å². The van der Waals surface area contributed by atoms with Crippen molar-refractivity contribution in [1.82, 2.24) is 0 Å². The van der Waals surface area contributed by atoms with Crippen molar-refractivity contribution in [3.63, 3.8) is 0 Å². The second-order valence-corrected chi connectivity index (χ2v) is 3.45. The van der Waals surface area contributed by atoms with E-state index in [0.717, 1.165) is 6.42 Å². The van der Waals surface area contributed by atoms with Gasteiger partial charge in [0.25, 0.3) is 0 Å². The minimum absolute atomic E-state index is 0.596. The van der Waals surface area contributed by atoms with Gasteiger partial charge in [-0.1, -0.05) is 43.9 Å². The summed E-state index contributed by atoms with van der Waals surface area (Å²) in [5.41, 5.74) is 3.88. The van der Waals surface area contributed by atoms with Crippen molar-refractivity contribution in [3.8, 4) is 0 Å². The maximum atomic E-state index is 3.94. The highest BCUT2D eigenvalue weighted by atomic mass is 14.2. The summed E-state index contributed by atoms with van der Waals surface area (Å²) >= 11 is 0. The van der Waals surface area contributed by atoms with Gasteiger partial charge in [0.15, 0.2) is 0 Å². The Bertz CT molecular complexity index is 264. The lowest BCUT2D eigenvalue weighted by molar-refractivity contribution is 0.682. The molecular formula is C12H16. The first-order valence-corrected chi connectivity index (χ1v) is 4.34. The van der Waals surface area contributed by atoms with E-state index in [9.17, 15) is 0 Å². The van der Waals surface area contributed by atoms with Gasteiger partial charge in [-0.25, -0.2) is 0 Å². The van der Waals surface area contributed by atoms with Gasteiger partial charge in [-0.3, -0.25) is 0 Å². The van der Waals surface area contributed by atoms with Crippen molar-refractivity contribution >= 4 is 0 Å². The van der Waals surface area contributed by atoms with Gasteiger partial charge < -0.3 is 0 Å². The topological polar surface area (TPSA) is 0 Å². The molecular weight excluding hydrogens is 144 g/mol. The molecule has 1 aliphatic rings. The monoisotopic (exact) mass is 160 g/mol. The van der Waals surface area contributed by atoms with E-state index in [4.69, 9.17) is 0 Å². The zero-order valence-electron chi connectivity index (χ0n) is 7.93. The van der Waals surface area contributed by atoms with E-state index in [0.29, 0.717) is 5.92 Å². The average molecular weight is 160 g/mol. The van der Waals surface area contributed by atoms with Crippen LogP contribution in [0.4, 0.5) is 0 Å². The number of allylic oxidation sites excluding steroid dienone is 6. The molecule has 0 heteroatoms. The van der Waals surface area contributed by atoms with Gasteiger partial charge in [0.05, 0.1) is 0 Å². The molecule has 0 radical (unpaired) electrons. The van der Waals surface area contributed by atoms with Crippen LogP contribution in [0.15, 0.2) is 48.1 Å². The lowest BCUT2D eigenvalue weighted by atomic mass is 9.86. The van der Waals surface area contributed by atoms with Crippen LogP contribution in [-0.2, 0) is 0 Å². The molecule has 0 spiro atoms. The Hall–Kier alpha value is -1.04. The molecule has 0 saturated carbocycles. The predicted molar refractivity (Wildman–Crippen MR) is 55.0 cm³/mol. The standard InChI is InChI=1S/C12H16/c1-5-11-6-7-12(9(2)3)8-10(11)4/h5-7,10H,1-2,8H2,3-4H3. The lowest BCUT2D eigenvalue weighted by Gasteiger charge is -2.19. The van der Waals surface area contributed by atoms with E-state index in [1.165, 1.54) is 16.7 Å². The Labute approximate surface area is 75.0 Å². The summed E-state index contributed by atoms with van der Waals surface area (Å²) in [5, 5.41) is 0. The second kappa shape index (κ2) is 3.57. The zero-order valence-corrected chi connectivity index (χ0v) is 7.93. The SMILES string of the molecule is C=CC1=CC=C(C(=C)C)CC1C. The molecule has 0 aromatic heterocycles. The van der Waals surface area contributed by atoms with Gasteiger partial charge in [-0.15, -0.1) is 0 Å². The highest BCUT2D eigenvalue weighted by molar-refractivity contribution is 5.39. The molecule has 0 aliphatic heterocycles. The molecule has 0 aromatic carbocycles. The molecule has 0 saturated heterocycles. The first-order chi connectivity index (χ1) is 5.65. The molecule has 1 rings (SSSR count). The van der Waals surface area contributed by atoms with E-state index < -0.39 is 0 Å². The van der Waals surface area contributed by atoms with Crippen LogP contribution in [0.2, 0.25) is 0 Å². The van der Waals surface area contributed by atoms with Crippen molar-refractivity contribution in [1.29, 1.82) is 0 Å². The van der Waals surface area contributed by atoms with Crippen LogP contribution in [0.5, 0.6) is 0 Å². The Morgan fingerprint density at radius 1 is 1.58 bits per heavy atom. The lowest BCUT2D eigenvalue weighted by Crippen LogP contribution is -2.03. The molecule has 0 heterocycles. The molecule has 0 fully saturated rings. The van der Waals surface area contributed by atoms with Gasteiger partial charge in [0, 0.05) is 0 Å². The highest BCUT2D eigenvalue weighted by Gasteiger charge is 2.12. The molecule has 1 aliphatic carbocycles. The van der Waals surface area contributed by atoms with Crippen LogP contribution in [0.3, 0.4) is 0 Å². The molecule has 0 bridgehead atoms. The largest absolute Gasteiger partial charge is 0.0988 e. The minimum atomic E-state index is 0.596. The van der Waals surface area contributed by atoms with Crippen molar-refractivity contribution in [2.45, 2.75) is 20.3 Å². The van der Waals surface area contributed by atoms with Crippen LogP contribution in [0.1, 0.15) is 20.3 Å². The van der Waals surface area contributed by atoms with Gasteiger partial charge in [0.1, 0.15) is 0 Å². The van der Waals surface area contributed by atoms with E-state index in [-0.39, 0.29) is 0 Å². The molecule has 64 valence electrons. The smallest absolute Gasteiger partial charge is 0.0150 e. The fourth-order valence-electron chi connectivity index (χ4n) is 1.46. The van der Waals surface area contributed by atoms with Crippen LogP contribution in [-0.4, -0.2) is 0 Å². The summed E-state index contributed by atoms with van der Waals surface area (Å²) in [7, 11) is 0. The molecule has 0 amide bonds. The summed E-state index contributed by atoms with van der Waals surface area (Å²) in [4.78, 5) is 0. The van der Waals surface area contributed by atoms with Crippen molar-refractivity contribution in [2.75, 3.05) is 0 Å². The Balaban J connectivity index is 2.88. The van der Waals surface area contributed by atoms with Crippen LogP contribution >= 0.6 is 0 Å². The van der Waals surface area contributed by atoms with Crippen LogP contribution < -0.4 is 0 Å². The van der Waals surface area contributed by atoms with Gasteiger partial charge in [-0.05, 0) is 30.4 Å². The predicted octanol–water partition coefficient (Wildman–Crippen LogP) is 3.64. The maximum Gasteiger partial charge on any atom is -0.0150 e.